The van der Waals surface area contributed by atoms with Crippen molar-refractivity contribution in [2.45, 2.75) is 53.4 Å². The number of rotatable bonds is 16. The standard InChI is InChI=1S/C80H62N12/c1-5-55-67(37-33-63-77(55)85-45-41-81-63)89(51-21-13-9-14-22-51)71-49-72(90(52-23-15-10-16-24-52)68-38-34-64-78(56(68)6-2)86-46-42-82-64)60-31-32-62-74(92(54-27-19-12-20-28-54)70-40-36-66-80(58(70)8-4)88-48-44-84-66)50-73(61-30-29-59(71)75(60)76(61)62)91(53-25-17-11-18-26-53)69-39-35-65-79(57(69)7-3)87-47-43-83-65/h9-50H,5-8H2,1-4H3. The molecule has 4 heterocycles. The van der Waals surface area contributed by atoms with Gasteiger partial charge in [0.05, 0.1) is 89.6 Å². The van der Waals surface area contributed by atoms with Gasteiger partial charge in [0.2, 0.25) is 0 Å². The van der Waals surface area contributed by atoms with E-state index in [1.165, 1.54) is 0 Å². The van der Waals surface area contributed by atoms with Gasteiger partial charge in [-0.25, -0.2) is 0 Å². The van der Waals surface area contributed by atoms with Gasteiger partial charge in [-0.2, -0.15) is 0 Å². The van der Waals surface area contributed by atoms with E-state index >= 15 is 0 Å². The van der Waals surface area contributed by atoms with Gasteiger partial charge in [0.1, 0.15) is 0 Å². The highest BCUT2D eigenvalue weighted by atomic mass is 15.2. The third-order valence-electron chi connectivity index (χ3n) is 18.1. The molecule has 4 aromatic heterocycles. The molecule has 0 bridgehead atoms. The van der Waals surface area contributed by atoms with Crippen LogP contribution >= 0.6 is 0 Å². The molecule has 0 aliphatic rings. The van der Waals surface area contributed by atoms with E-state index in [0.29, 0.717) is 25.7 Å². The van der Waals surface area contributed by atoms with E-state index in [9.17, 15) is 0 Å². The van der Waals surface area contributed by atoms with Crippen molar-refractivity contribution >= 4 is 145 Å². The first-order valence-corrected chi connectivity index (χ1v) is 31.6. The minimum absolute atomic E-state index is 0.707. The van der Waals surface area contributed by atoms with E-state index in [-0.39, 0.29) is 0 Å². The lowest BCUT2D eigenvalue weighted by atomic mass is 9.88. The van der Waals surface area contributed by atoms with Crippen molar-refractivity contribution in [2.75, 3.05) is 19.6 Å². The number of aryl methyl sites for hydroxylation is 4. The first-order chi connectivity index (χ1) is 45.5. The summed E-state index contributed by atoms with van der Waals surface area (Å²) in [5, 5.41) is 6.43. The second kappa shape index (κ2) is 23.3. The summed E-state index contributed by atoms with van der Waals surface area (Å²) in [7, 11) is 0. The zero-order valence-corrected chi connectivity index (χ0v) is 51.4. The quantitative estimate of drug-likeness (QED) is 0.0858. The van der Waals surface area contributed by atoms with Crippen LogP contribution in [-0.2, 0) is 25.7 Å². The predicted molar refractivity (Wildman–Crippen MR) is 379 cm³/mol. The second-order valence-electron chi connectivity index (χ2n) is 22.9. The lowest BCUT2D eigenvalue weighted by molar-refractivity contribution is 1.11. The van der Waals surface area contributed by atoms with E-state index in [1.807, 2.05) is 0 Å². The zero-order chi connectivity index (χ0) is 61.8. The Hall–Kier alpha value is -11.8. The monoisotopic (exact) mass is 1190 g/mol. The molecule has 0 amide bonds. The summed E-state index contributed by atoms with van der Waals surface area (Å²) in [6.45, 7) is 8.87. The van der Waals surface area contributed by atoms with Crippen molar-refractivity contribution in [1.29, 1.82) is 0 Å². The molecule has 92 heavy (non-hydrogen) atoms. The maximum Gasteiger partial charge on any atom is 0.0939 e. The first kappa shape index (κ1) is 55.5. The lowest BCUT2D eigenvalue weighted by Gasteiger charge is -2.35. The number of hydrogen-bond acceptors (Lipinski definition) is 12. The molecule has 12 heteroatoms. The average Bonchev–Trinajstić information content (AvgIpc) is 0.702. The minimum atomic E-state index is 0.707. The Labute approximate surface area is 532 Å². The summed E-state index contributed by atoms with van der Waals surface area (Å²) < 4.78 is 0. The van der Waals surface area contributed by atoms with Gasteiger partial charge in [-0.1, -0.05) is 125 Å². The average molecular weight is 1190 g/mol. The number of fused-ring (bicyclic) bond motifs is 4. The Morgan fingerprint density at radius 1 is 0.228 bits per heavy atom. The van der Waals surface area contributed by atoms with Gasteiger partial charge >= 0.3 is 0 Å². The van der Waals surface area contributed by atoms with Crippen LogP contribution in [0.3, 0.4) is 0 Å². The van der Waals surface area contributed by atoms with E-state index < -0.39 is 0 Å². The van der Waals surface area contributed by atoms with Crippen LogP contribution in [0.5, 0.6) is 0 Å². The minimum Gasteiger partial charge on any atom is -0.309 e. The van der Waals surface area contributed by atoms with Gasteiger partial charge < -0.3 is 19.6 Å². The zero-order valence-electron chi connectivity index (χ0n) is 51.4. The van der Waals surface area contributed by atoms with Crippen LogP contribution < -0.4 is 19.6 Å². The SMILES string of the molecule is CCc1c(N(c2ccccc2)c2cc(N(c3ccccc3)c3ccc4nccnc4c3CC)c3ccc4c(N(c5ccccc5)c5ccc6nccnc6c5CC)cc(N(c5ccccc5)c5ccc6nccnc6c5CC)c5ccc2c3c54)ccc2nccnc12. The molecule has 0 atom stereocenters. The molecular formula is C80H62N12. The molecule has 12 nitrogen and oxygen atoms in total. The van der Waals surface area contributed by atoms with Crippen molar-refractivity contribution in [2.24, 2.45) is 0 Å². The Morgan fingerprint density at radius 2 is 0.446 bits per heavy atom. The van der Waals surface area contributed by atoms with Crippen molar-refractivity contribution < 1.29 is 0 Å². The Bertz CT molecular complexity index is 4770. The normalized spacial score (nSPS) is 11.7. The highest BCUT2D eigenvalue weighted by molar-refractivity contribution is 6.33. The molecule has 0 saturated carbocycles. The van der Waals surface area contributed by atoms with Gasteiger partial charge in [-0.3, -0.25) is 39.9 Å². The summed E-state index contributed by atoms with van der Waals surface area (Å²) in [5.41, 5.74) is 23.2. The Balaban J connectivity index is 1.13. The Kier molecular flexibility index (Phi) is 14.1. The van der Waals surface area contributed by atoms with E-state index in [0.717, 1.165) is 167 Å². The van der Waals surface area contributed by atoms with Crippen molar-refractivity contribution in [3.63, 3.8) is 0 Å². The highest BCUT2D eigenvalue weighted by Gasteiger charge is 2.32. The molecule has 442 valence electrons. The molecule has 0 aliphatic heterocycles. The second-order valence-corrected chi connectivity index (χ2v) is 22.9. The fourth-order valence-corrected chi connectivity index (χ4v) is 14.2. The predicted octanol–water partition coefficient (Wildman–Crippen LogP) is 20.5. The van der Waals surface area contributed by atoms with Gasteiger partial charge in [-0.15, -0.1) is 0 Å². The smallest absolute Gasteiger partial charge is 0.0939 e. The van der Waals surface area contributed by atoms with Crippen LogP contribution in [0.25, 0.3) is 76.5 Å². The highest BCUT2D eigenvalue weighted by Crippen LogP contribution is 2.56. The lowest BCUT2D eigenvalue weighted by Crippen LogP contribution is -2.18. The van der Waals surface area contributed by atoms with E-state index in [4.69, 9.17) is 39.9 Å². The van der Waals surface area contributed by atoms with E-state index in [2.05, 4.69) is 254 Å². The van der Waals surface area contributed by atoms with Gasteiger partial charge in [0, 0.05) is 127 Å². The fourth-order valence-electron chi connectivity index (χ4n) is 14.2. The summed E-state index contributed by atoms with van der Waals surface area (Å²) >= 11 is 0. The van der Waals surface area contributed by atoms with Crippen LogP contribution in [0.2, 0.25) is 0 Å². The molecule has 0 saturated heterocycles. The molecule has 12 aromatic carbocycles. The van der Waals surface area contributed by atoms with Crippen LogP contribution in [0.15, 0.2) is 256 Å². The number of aromatic nitrogens is 8. The Morgan fingerprint density at radius 3 is 0.663 bits per heavy atom. The number of nitrogens with zero attached hydrogens (tertiary/aromatic N) is 12. The molecule has 0 radical (unpaired) electrons. The van der Waals surface area contributed by atoms with Crippen LogP contribution in [-0.4, -0.2) is 39.9 Å². The van der Waals surface area contributed by atoms with Crippen LogP contribution in [0, 0.1) is 0 Å². The summed E-state index contributed by atoms with van der Waals surface area (Å²) in [5.74, 6) is 0. The summed E-state index contributed by atoms with van der Waals surface area (Å²) in [6.07, 6.45) is 17.2. The molecule has 0 N–H and O–H groups in total. The summed E-state index contributed by atoms with van der Waals surface area (Å²) in [6, 6.07) is 74.9. The van der Waals surface area contributed by atoms with Gasteiger partial charge in [-0.05, 0) is 135 Å². The van der Waals surface area contributed by atoms with Gasteiger partial charge in [0.15, 0.2) is 0 Å². The topological polar surface area (TPSA) is 116 Å². The largest absolute Gasteiger partial charge is 0.309 e. The molecule has 0 spiro atoms. The summed E-state index contributed by atoms with van der Waals surface area (Å²) in [4.78, 5) is 49.5. The number of para-hydroxylation sites is 4. The maximum absolute atomic E-state index is 5.06. The molecule has 16 aromatic rings. The fraction of sp³-hybridized carbons (Fsp3) is 0.100. The van der Waals surface area contributed by atoms with Gasteiger partial charge in [0.25, 0.3) is 0 Å². The third kappa shape index (κ3) is 9.12. The number of anilines is 12. The first-order valence-electron chi connectivity index (χ1n) is 31.6. The molecule has 0 unspecified atom stereocenters. The number of hydrogen-bond donors (Lipinski definition) is 0. The maximum atomic E-state index is 5.06. The van der Waals surface area contributed by atoms with Crippen molar-refractivity contribution in [3.05, 3.63) is 278 Å². The number of benzene rings is 12. The van der Waals surface area contributed by atoms with Crippen LogP contribution in [0.4, 0.5) is 68.2 Å². The molecule has 16 rings (SSSR count). The molecular weight excluding hydrogens is 1130 g/mol. The van der Waals surface area contributed by atoms with E-state index in [1.54, 1.807) is 49.6 Å². The van der Waals surface area contributed by atoms with Crippen molar-refractivity contribution in [1.82, 2.24) is 39.9 Å². The third-order valence-corrected chi connectivity index (χ3v) is 18.1. The van der Waals surface area contributed by atoms with Crippen LogP contribution in [0.1, 0.15) is 49.9 Å². The molecule has 0 aliphatic carbocycles. The molecule has 0 fully saturated rings. The van der Waals surface area contributed by atoms with Crippen molar-refractivity contribution in [3.8, 4) is 0 Å².